The van der Waals surface area contributed by atoms with Crippen LogP contribution in [0, 0.1) is 5.92 Å². The minimum Gasteiger partial charge on any atom is -0.354 e. The van der Waals surface area contributed by atoms with Crippen LogP contribution < -0.4 is 10.2 Å². The summed E-state index contributed by atoms with van der Waals surface area (Å²) in [7, 11) is 0. The lowest BCUT2D eigenvalue weighted by atomic mass is 9.96. The molecule has 1 aliphatic rings. The van der Waals surface area contributed by atoms with Crippen molar-refractivity contribution < 1.29 is 4.79 Å². The van der Waals surface area contributed by atoms with Gasteiger partial charge in [0.2, 0.25) is 5.91 Å². The fraction of sp³-hybridized carbons (Fsp3) is 0.217. The molecule has 0 radical (unpaired) electrons. The maximum absolute atomic E-state index is 13.0. The molecule has 1 saturated heterocycles. The van der Waals surface area contributed by atoms with Crippen molar-refractivity contribution in [1.82, 2.24) is 20.0 Å². The van der Waals surface area contributed by atoms with Gasteiger partial charge in [-0.05, 0) is 42.5 Å². The van der Waals surface area contributed by atoms with Gasteiger partial charge in [0, 0.05) is 36.6 Å². The number of carbonyl (C=O) groups excluding carboxylic acids is 1. The van der Waals surface area contributed by atoms with Crippen LogP contribution in [0.4, 0.5) is 11.5 Å². The van der Waals surface area contributed by atoms with Crippen molar-refractivity contribution in [1.29, 1.82) is 0 Å². The fourth-order valence-corrected chi connectivity index (χ4v) is 3.98. The molecule has 1 fully saturated rings. The zero-order valence-electron chi connectivity index (χ0n) is 16.5. The third kappa shape index (κ3) is 3.61. The highest BCUT2D eigenvalue weighted by molar-refractivity contribution is 6.02. The van der Waals surface area contributed by atoms with Crippen LogP contribution in [-0.2, 0) is 4.79 Å². The van der Waals surface area contributed by atoms with E-state index in [1.807, 2.05) is 54.7 Å². The number of hydrogen-bond donors (Lipinski definition) is 1. The van der Waals surface area contributed by atoms with Gasteiger partial charge in [0.05, 0.1) is 5.92 Å². The Hall–Kier alpha value is -3.74. The number of piperidine rings is 1. The van der Waals surface area contributed by atoms with Gasteiger partial charge in [-0.3, -0.25) is 4.79 Å². The highest BCUT2D eigenvalue weighted by Gasteiger charge is 2.27. The van der Waals surface area contributed by atoms with Crippen molar-refractivity contribution >= 4 is 28.2 Å². The molecule has 3 heterocycles. The molecule has 7 heteroatoms. The lowest BCUT2D eigenvalue weighted by molar-refractivity contribution is -0.120. The Morgan fingerprint density at radius 2 is 1.80 bits per heavy atom. The molecule has 1 amide bonds. The Labute approximate surface area is 174 Å². The van der Waals surface area contributed by atoms with Gasteiger partial charge >= 0.3 is 0 Å². The molecule has 150 valence electrons. The van der Waals surface area contributed by atoms with Crippen LogP contribution in [0.2, 0.25) is 0 Å². The van der Waals surface area contributed by atoms with Crippen LogP contribution in [0.1, 0.15) is 12.8 Å². The van der Waals surface area contributed by atoms with Crippen LogP contribution in [0.5, 0.6) is 0 Å². The normalized spacial score (nSPS) is 16.5. The zero-order chi connectivity index (χ0) is 20.3. The average Bonchev–Trinajstić information content (AvgIpc) is 3.35. The van der Waals surface area contributed by atoms with E-state index in [0.717, 1.165) is 41.7 Å². The highest BCUT2D eigenvalue weighted by Crippen LogP contribution is 2.26. The molecule has 1 unspecified atom stereocenters. The van der Waals surface area contributed by atoms with Crippen molar-refractivity contribution in [3.8, 4) is 5.82 Å². The van der Waals surface area contributed by atoms with Gasteiger partial charge in [-0.1, -0.05) is 36.4 Å². The van der Waals surface area contributed by atoms with Crippen molar-refractivity contribution in [2.24, 2.45) is 5.92 Å². The zero-order valence-corrected chi connectivity index (χ0v) is 16.5. The van der Waals surface area contributed by atoms with E-state index < -0.39 is 0 Å². The molecular weight excluding hydrogens is 376 g/mol. The molecule has 1 aliphatic heterocycles. The summed E-state index contributed by atoms with van der Waals surface area (Å²) in [6.45, 7) is 1.50. The molecule has 0 aliphatic carbocycles. The van der Waals surface area contributed by atoms with Crippen molar-refractivity contribution in [3.63, 3.8) is 0 Å². The van der Waals surface area contributed by atoms with Crippen molar-refractivity contribution in [2.75, 3.05) is 23.3 Å². The molecular formula is C23H22N6O. The first-order chi connectivity index (χ1) is 14.8. The fourth-order valence-electron chi connectivity index (χ4n) is 3.98. The molecule has 0 saturated carbocycles. The molecule has 2 aromatic heterocycles. The van der Waals surface area contributed by atoms with Crippen LogP contribution >= 0.6 is 0 Å². The summed E-state index contributed by atoms with van der Waals surface area (Å²) < 4.78 is 1.67. The van der Waals surface area contributed by atoms with Gasteiger partial charge < -0.3 is 10.2 Å². The molecule has 1 atom stereocenters. The Kier molecular flexibility index (Phi) is 4.85. The second-order valence-electron chi connectivity index (χ2n) is 7.50. The Balaban J connectivity index is 1.29. The van der Waals surface area contributed by atoms with Crippen LogP contribution in [-0.4, -0.2) is 39.0 Å². The summed E-state index contributed by atoms with van der Waals surface area (Å²) >= 11 is 0. The lowest BCUT2D eigenvalue weighted by Crippen LogP contribution is -2.41. The van der Waals surface area contributed by atoms with Crippen LogP contribution in [0.3, 0.4) is 0 Å². The summed E-state index contributed by atoms with van der Waals surface area (Å²) in [5.74, 6) is 1.42. The molecule has 0 spiro atoms. The first-order valence-electron chi connectivity index (χ1n) is 10.2. The molecule has 0 bridgehead atoms. The number of aromatic nitrogens is 4. The summed E-state index contributed by atoms with van der Waals surface area (Å²) in [6.07, 6.45) is 5.35. The molecule has 5 rings (SSSR count). The quantitative estimate of drug-likeness (QED) is 0.568. The van der Waals surface area contributed by atoms with E-state index in [2.05, 4.69) is 37.6 Å². The lowest BCUT2D eigenvalue weighted by Gasteiger charge is -2.32. The number of nitrogens with one attached hydrogen (secondary N) is 1. The van der Waals surface area contributed by atoms with Gasteiger partial charge in [0.25, 0.3) is 0 Å². The minimum atomic E-state index is -0.0923. The maximum atomic E-state index is 13.0. The average molecular weight is 398 g/mol. The number of amides is 1. The molecule has 7 nitrogen and oxygen atoms in total. The first kappa shape index (κ1) is 18.3. The molecule has 30 heavy (non-hydrogen) atoms. The van der Waals surface area contributed by atoms with Gasteiger partial charge in [-0.2, -0.15) is 5.10 Å². The predicted octanol–water partition coefficient (Wildman–Crippen LogP) is 3.67. The SMILES string of the molecule is O=C(Nc1cccc2ccccc12)C1CCCN(c2ccc(-n3cccn3)nn2)C1. The summed E-state index contributed by atoms with van der Waals surface area (Å²) in [5.41, 5.74) is 0.860. The number of hydrogen-bond acceptors (Lipinski definition) is 5. The third-order valence-electron chi connectivity index (χ3n) is 5.54. The minimum absolute atomic E-state index is 0.0529. The Bertz CT molecular complexity index is 1150. The Morgan fingerprint density at radius 3 is 2.63 bits per heavy atom. The second-order valence-corrected chi connectivity index (χ2v) is 7.50. The van der Waals surface area contributed by atoms with Crippen LogP contribution in [0.25, 0.3) is 16.6 Å². The van der Waals surface area contributed by atoms with E-state index in [9.17, 15) is 4.79 Å². The van der Waals surface area contributed by atoms with Gasteiger partial charge in [-0.25, -0.2) is 4.68 Å². The predicted molar refractivity (Wildman–Crippen MR) is 117 cm³/mol. The molecule has 1 N–H and O–H groups in total. The topological polar surface area (TPSA) is 75.9 Å². The van der Waals surface area contributed by atoms with Crippen molar-refractivity contribution in [3.05, 3.63) is 73.1 Å². The number of anilines is 2. The van der Waals surface area contributed by atoms with E-state index in [1.165, 1.54) is 0 Å². The largest absolute Gasteiger partial charge is 0.354 e. The first-order valence-corrected chi connectivity index (χ1v) is 10.2. The second kappa shape index (κ2) is 7.94. The smallest absolute Gasteiger partial charge is 0.229 e. The maximum Gasteiger partial charge on any atom is 0.229 e. The number of carbonyl (C=O) groups is 1. The van der Waals surface area contributed by atoms with Gasteiger partial charge in [-0.15, -0.1) is 10.2 Å². The third-order valence-corrected chi connectivity index (χ3v) is 5.54. The number of fused-ring (bicyclic) bond motifs is 1. The number of benzene rings is 2. The standard InChI is InChI=1S/C23H22N6O/c30-23(25-20-10-3-7-17-6-1-2-9-19(17)20)18-8-4-14-28(16-18)21-11-12-22(27-26-21)29-15-5-13-24-29/h1-3,5-7,9-13,15,18H,4,8,14,16H2,(H,25,30). The number of nitrogens with zero attached hydrogens (tertiary/aromatic N) is 5. The van der Waals surface area contributed by atoms with E-state index in [4.69, 9.17) is 0 Å². The van der Waals surface area contributed by atoms with Gasteiger partial charge in [0.1, 0.15) is 0 Å². The Morgan fingerprint density at radius 1 is 0.967 bits per heavy atom. The highest BCUT2D eigenvalue weighted by atomic mass is 16.1. The van der Waals surface area contributed by atoms with E-state index >= 15 is 0 Å². The monoisotopic (exact) mass is 398 g/mol. The summed E-state index contributed by atoms with van der Waals surface area (Å²) in [4.78, 5) is 15.1. The number of rotatable bonds is 4. The summed E-state index contributed by atoms with van der Waals surface area (Å²) in [6, 6.07) is 19.8. The van der Waals surface area contributed by atoms with Crippen molar-refractivity contribution in [2.45, 2.75) is 12.8 Å². The van der Waals surface area contributed by atoms with Gasteiger partial charge in [0.15, 0.2) is 11.6 Å². The molecule has 2 aromatic carbocycles. The van der Waals surface area contributed by atoms with E-state index in [1.54, 1.807) is 10.9 Å². The summed E-state index contributed by atoms with van der Waals surface area (Å²) in [5, 5.41) is 18.1. The van der Waals surface area contributed by atoms with E-state index in [-0.39, 0.29) is 11.8 Å². The van der Waals surface area contributed by atoms with E-state index in [0.29, 0.717) is 12.4 Å². The van der Waals surface area contributed by atoms with Crippen LogP contribution in [0.15, 0.2) is 73.1 Å². The molecule has 4 aromatic rings.